The van der Waals surface area contributed by atoms with Crippen LogP contribution >= 0.6 is 0 Å². The molecule has 1 aromatic rings. The monoisotopic (exact) mass is 186 g/mol. The Labute approximate surface area is 76.0 Å². The van der Waals surface area contributed by atoms with Gasteiger partial charge in [0.05, 0.1) is 5.60 Å². The van der Waals surface area contributed by atoms with Crippen molar-refractivity contribution >= 4 is 0 Å². The summed E-state index contributed by atoms with van der Waals surface area (Å²) in [6.07, 6.45) is -2.54. The number of rotatable bonds is 2. The van der Waals surface area contributed by atoms with Crippen LogP contribution in [0.5, 0.6) is 0 Å². The van der Waals surface area contributed by atoms with Crippen LogP contribution in [0, 0.1) is 0 Å². The molecule has 1 aromatic carbocycles. The van der Waals surface area contributed by atoms with Gasteiger partial charge in [-0.2, -0.15) is 0 Å². The van der Waals surface area contributed by atoms with Gasteiger partial charge in [-0.3, -0.25) is 0 Å². The fourth-order valence-electron chi connectivity index (χ4n) is 1.24. The zero-order valence-electron chi connectivity index (χ0n) is 7.59. The molecule has 1 nitrogen and oxygen atoms in total. The molecule has 0 atom stereocenters. The summed E-state index contributed by atoms with van der Waals surface area (Å²) in [4.78, 5) is 0. The molecule has 3 heteroatoms. The fourth-order valence-corrected chi connectivity index (χ4v) is 1.24. The van der Waals surface area contributed by atoms with Gasteiger partial charge in [0.2, 0.25) is 0 Å². The van der Waals surface area contributed by atoms with Gasteiger partial charge >= 0.3 is 0 Å². The van der Waals surface area contributed by atoms with Gasteiger partial charge in [0.1, 0.15) is 0 Å². The predicted molar refractivity (Wildman–Crippen MR) is 46.6 cm³/mol. The summed E-state index contributed by atoms with van der Waals surface area (Å²) in [5, 5.41) is 9.59. The lowest BCUT2D eigenvalue weighted by Gasteiger charge is -2.21. The molecule has 72 valence electrons. The lowest BCUT2D eigenvalue weighted by atomic mass is 9.93. The van der Waals surface area contributed by atoms with Gasteiger partial charge in [-0.1, -0.05) is 24.3 Å². The molecule has 1 rings (SSSR count). The van der Waals surface area contributed by atoms with Crippen molar-refractivity contribution in [3.8, 4) is 0 Å². The topological polar surface area (TPSA) is 20.2 Å². The lowest BCUT2D eigenvalue weighted by molar-refractivity contribution is 0.0701. The van der Waals surface area contributed by atoms with Crippen LogP contribution in [0.1, 0.15) is 31.4 Å². The van der Waals surface area contributed by atoms with Crippen LogP contribution in [0.3, 0.4) is 0 Å². The third-order valence-electron chi connectivity index (χ3n) is 1.86. The van der Waals surface area contributed by atoms with E-state index in [1.54, 1.807) is 6.07 Å². The van der Waals surface area contributed by atoms with Crippen LogP contribution in [0.4, 0.5) is 8.78 Å². The first-order valence-corrected chi connectivity index (χ1v) is 4.03. The van der Waals surface area contributed by atoms with Crippen LogP contribution in [0.25, 0.3) is 0 Å². The molecule has 0 heterocycles. The van der Waals surface area contributed by atoms with Gasteiger partial charge in [0, 0.05) is 5.56 Å². The Morgan fingerprint density at radius 1 is 1.23 bits per heavy atom. The van der Waals surface area contributed by atoms with Crippen molar-refractivity contribution in [2.24, 2.45) is 0 Å². The van der Waals surface area contributed by atoms with Gasteiger partial charge < -0.3 is 5.11 Å². The fraction of sp³-hybridized carbons (Fsp3) is 0.400. The van der Waals surface area contributed by atoms with Crippen molar-refractivity contribution in [3.05, 3.63) is 35.4 Å². The Kier molecular flexibility index (Phi) is 2.66. The molecule has 0 unspecified atom stereocenters. The Balaban J connectivity index is 3.20. The van der Waals surface area contributed by atoms with E-state index in [1.807, 2.05) is 0 Å². The van der Waals surface area contributed by atoms with Crippen molar-refractivity contribution in [1.29, 1.82) is 0 Å². The molecule has 1 N–H and O–H groups in total. The lowest BCUT2D eigenvalue weighted by Crippen LogP contribution is -2.18. The number of halogens is 2. The zero-order valence-corrected chi connectivity index (χ0v) is 7.59. The van der Waals surface area contributed by atoms with E-state index in [-0.39, 0.29) is 11.1 Å². The second kappa shape index (κ2) is 3.42. The largest absolute Gasteiger partial charge is 0.386 e. The summed E-state index contributed by atoms with van der Waals surface area (Å²) in [5.74, 6) is 0. The highest BCUT2D eigenvalue weighted by Crippen LogP contribution is 2.30. The molecule has 0 aromatic heterocycles. The van der Waals surface area contributed by atoms with Crippen molar-refractivity contribution in [3.63, 3.8) is 0 Å². The van der Waals surface area contributed by atoms with Crippen molar-refractivity contribution in [2.75, 3.05) is 0 Å². The number of hydrogen-bond acceptors (Lipinski definition) is 1. The predicted octanol–water partition coefficient (Wildman–Crippen LogP) is 2.85. The first-order valence-electron chi connectivity index (χ1n) is 4.03. The Hall–Kier alpha value is -0.960. The molecular weight excluding hydrogens is 174 g/mol. The van der Waals surface area contributed by atoms with Gasteiger partial charge in [0.15, 0.2) is 0 Å². The maximum atomic E-state index is 12.4. The molecule has 0 spiro atoms. The van der Waals surface area contributed by atoms with E-state index >= 15 is 0 Å². The summed E-state index contributed by atoms with van der Waals surface area (Å²) < 4.78 is 24.9. The molecule has 0 saturated carbocycles. The molecular formula is C10H12F2O. The Morgan fingerprint density at radius 2 is 1.77 bits per heavy atom. The number of aliphatic hydroxyl groups is 1. The van der Waals surface area contributed by atoms with E-state index in [9.17, 15) is 13.9 Å². The quantitative estimate of drug-likeness (QED) is 0.753. The van der Waals surface area contributed by atoms with E-state index in [1.165, 1.54) is 32.0 Å². The van der Waals surface area contributed by atoms with E-state index in [0.717, 1.165) is 0 Å². The molecule has 0 amide bonds. The molecule has 0 aliphatic rings. The number of benzene rings is 1. The number of alkyl halides is 2. The molecule has 0 aliphatic carbocycles. The van der Waals surface area contributed by atoms with Crippen molar-refractivity contribution < 1.29 is 13.9 Å². The highest BCUT2D eigenvalue weighted by Gasteiger charge is 2.23. The highest BCUT2D eigenvalue weighted by molar-refractivity contribution is 5.32. The van der Waals surface area contributed by atoms with Crippen LogP contribution in [0.2, 0.25) is 0 Å². The third kappa shape index (κ3) is 2.25. The highest BCUT2D eigenvalue weighted by atomic mass is 19.3. The van der Waals surface area contributed by atoms with Gasteiger partial charge in [-0.15, -0.1) is 0 Å². The summed E-state index contributed by atoms with van der Waals surface area (Å²) >= 11 is 0. The summed E-state index contributed by atoms with van der Waals surface area (Å²) in [6.45, 7) is 2.99. The minimum Gasteiger partial charge on any atom is -0.386 e. The summed E-state index contributed by atoms with van der Waals surface area (Å²) in [6, 6.07) is 6.02. The Morgan fingerprint density at radius 3 is 2.15 bits per heavy atom. The van der Waals surface area contributed by atoms with Gasteiger partial charge in [-0.05, 0) is 19.4 Å². The first kappa shape index (κ1) is 10.1. The van der Waals surface area contributed by atoms with Gasteiger partial charge in [-0.25, -0.2) is 8.78 Å². The van der Waals surface area contributed by atoms with E-state index < -0.39 is 12.0 Å². The second-order valence-corrected chi connectivity index (χ2v) is 3.45. The van der Waals surface area contributed by atoms with Crippen molar-refractivity contribution in [2.45, 2.75) is 25.9 Å². The van der Waals surface area contributed by atoms with E-state index in [4.69, 9.17) is 0 Å². The molecule has 0 radical (unpaired) electrons. The maximum Gasteiger partial charge on any atom is 0.264 e. The molecule has 0 fully saturated rings. The summed E-state index contributed by atoms with van der Waals surface area (Å²) in [5.41, 5.74) is -1.03. The van der Waals surface area contributed by atoms with E-state index in [2.05, 4.69) is 0 Å². The van der Waals surface area contributed by atoms with E-state index in [0.29, 0.717) is 0 Å². The van der Waals surface area contributed by atoms with Crippen LogP contribution < -0.4 is 0 Å². The SMILES string of the molecule is CC(C)(O)c1ccccc1C(F)F. The third-order valence-corrected chi connectivity index (χ3v) is 1.86. The van der Waals surface area contributed by atoms with Crippen LogP contribution in [0.15, 0.2) is 24.3 Å². The average Bonchev–Trinajstić information content (AvgIpc) is 2.03. The molecule has 0 aliphatic heterocycles. The molecule has 13 heavy (non-hydrogen) atoms. The van der Waals surface area contributed by atoms with Crippen LogP contribution in [-0.4, -0.2) is 5.11 Å². The first-order chi connectivity index (χ1) is 5.93. The maximum absolute atomic E-state index is 12.4. The van der Waals surface area contributed by atoms with Crippen LogP contribution in [-0.2, 0) is 5.60 Å². The number of hydrogen-bond donors (Lipinski definition) is 1. The normalized spacial score (nSPS) is 12.2. The molecule has 0 saturated heterocycles. The standard InChI is InChI=1S/C10H12F2O/c1-10(2,13)8-6-4-3-5-7(8)9(11)12/h3-6,9,13H,1-2H3. The van der Waals surface area contributed by atoms with Crippen molar-refractivity contribution in [1.82, 2.24) is 0 Å². The summed E-state index contributed by atoms with van der Waals surface area (Å²) in [7, 11) is 0. The minimum absolute atomic E-state index is 0.102. The smallest absolute Gasteiger partial charge is 0.264 e. The Bertz CT molecular complexity index is 289. The zero-order chi connectivity index (χ0) is 10.1. The average molecular weight is 186 g/mol. The second-order valence-electron chi connectivity index (χ2n) is 3.45. The minimum atomic E-state index is -2.54. The van der Waals surface area contributed by atoms with Gasteiger partial charge in [0.25, 0.3) is 6.43 Å². The molecule has 0 bridgehead atoms.